The van der Waals surface area contributed by atoms with Crippen molar-refractivity contribution in [2.45, 2.75) is 38.3 Å². The number of carbonyl (C=O) groups excluding carboxylic acids is 3. The molecule has 2 fully saturated rings. The molecule has 0 aliphatic carbocycles. The van der Waals surface area contributed by atoms with Gasteiger partial charge in [-0.3, -0.25) is 14.4 Å². The number of amides is 3. The molecule has 4 aliphatic heterocycles. The molecule has 2 N–H and O–H groups in total. The van der Waals surface area contributed by atoms with E-state index in [9.17, 15) is 14.4 Å². The largest absolute Gasteiger partial charge is 0.475 e. The number of fused-ring (bicyclic) bond motifs is 10. The van der Waals surface area contributed by atoms with E-state index in [2.05, 4.69) is 15.6 Å². The molecular weight excluding hydrogens is 426 g/mol. The molecule has 5 rings (SSSR count). The molecule has 4 aliphatic rings. The van der Waals surface area contributed by atoms with Crippen molar-refractivity contribution in [1.82, 2.24) is 25.4 Å². The van der Waals surface area contributed by atoms with Gasteiger partial charge in [0, 0.05) is 51.8 Å². The Kier molecular flexibility index (Phi) is 7.77. The van der Waals surface area contributed by atoms with Gasteiger partial charge in [0.15, 0.2) is 0 Å². The van der Waals surface area contributed by atoms with Crippen LogP contribution in [0.2, 0.25) is 0 Å². The summed E-state index contributed by atoms with van der Waals surface area (Å²) >= 11 is 0. The fourth-order valence-corrected chi connectivity index (χ4v) is 4.64. The molecule has 0 unspecified atom stereocenters. The van der Waals surface area contributed by atoms with E-state index in [0.29, 0.717) is 70.8 Å². The maximum absolute atomic E-state index is 13.0. The fraction of sp³-hybridized carbons (Fsp3) is 0.652. The van der Waals surface area contributed by atoms with E-state index in [1.54, 1.807) is 25.1 Å². The van der Waals surface area contributed by atoms with Crippen LogP contribution in [-0.2, 0) is 14.3 Å². The van der Waals surface area contributed by atoms with E-state index < -0.39 is 0 Å². The lowest BCUT2D eigenvalue weighted by Crippen LogP contribution is -2.48. The molecule has 1 aromatic heterocycles. The highest BCUT2D eigenvalue weighted by Crippen LogP contribution is 2.21. The number of rotatable bonds is 0. The van der Waals surface area contributed by atoms with E-state index in [1.165, 1.54) is 0 Å². The van der Waals surface area contributed by atoms with Crippen molar-refractivity contribution in [3.05, 3.63) is 23.9 Å². The van der Waals surface area contributed by atoms with Gasteiger partial charge >= 0.3 is 0 Å². The highest BCUT2D eigenvalue weighted by Gasteiger charge is 2.35. The number of hydrogen-bond donors (Lipinski definition) is 2. The van der Waals surface area contributed by atoms with Gasteiger partial charge in [0.2, 0.25) is 17.7 Å². The standard InChI is InChI=1S/C23H33N5O5/c1-16(29)28-9-10-32-11-12-33-21-4-2-3-19(26-21)22(30)25-18-13-20(24-14-18)23(31)27-7-5-17(15-28)6-8-27/h2-4,17-18,20,24H,5-15H2,1H3,(H,25,30)/t18-,20-/m0/s1. The number of hydrogen-bond acceptors (Lipinski definition) is 7. The Morgan fingerprint density at radius 3 is 2.73 bits per heavy atom. The predicted molar refractivity (Wildman–Crippen MR) is 120 cm³/mol. The topological polar surface area (TPSA) is 113 Å². The third-order valence-electron chi connectivity index (χ3n) is 6.55. The summed E-state index contributed by atoms with van der Waals surface area (Å²) in [6, 6.07) is 4.62. The minimum absolute atomic E-state index is 0.0335. The van der Waals surface area contributed by atoms with Gasteiger partial charge in [-0.15, -0.1) is 0 Å². The van der Waals surface area contributed by atoms with Gasteiger partial charge in [-0.25, -0.2) is 4.98 Å². The van der Waals surface area contributed by atoms with Crippen LogP contribution in [0.3, 0.4) is 0 Å². The first-order valence-corrected chi connectivity index (χ1v) is 11.8. The van der Waals surface area contributed by atoms with E-state index in [0.717, 1.165) is 12.8 Å². The number of nitrogens with one attached hydrogen (secondary N) is 2. The van der Waals surface area contributed by atoms with Crippen molar-refractivity contribution < 1.29 is 23.9 Å². The number of nitrogens with zero attached hydrogens (tertiary/aromatic N) is 3. The minimum Gasteiger partial charge on any atom is -0.475 e. The van der Waals surface area contributed by atoms with Crippen molar-refractivity contribution in [3.63, 3.8) is 0 Å². The van der Waals surface area contributed by atoms with E-state index in [1.807, 2.05) is 9.80 Å². The Morgan fingerprint density at radius 2 is 1.94 bits per heavy atom. The quantitative estimate of drug-likeness (QED) is 0.527. The minimum atomic E-state index is -0.297. The van der Waals surface area contributed by atoms with E-state index >= 15 is 0 Å². The summed E-state index contributed by atoms with van der Waals surface area (Å²) in [6.45, 7) is 5.79. The van der Waals surface area contributed by atoms with Crippen LogP contribution < -0.4 is 15.4 Å². The molecular formula is C23H33N5O5. The second-order valence-corrected chi connectivity index (χ2v) is 8.92. The molecule has 33 heavy (non-hydrogen) atoms. The van der Waals surface area contributed by atoms with Gasteiger partial charge in [-0.2, -0.15) is 0 Å². The van der Waals surface area contributed by atoms with Crippen molar-refractivity contribution in [2.24, 2.45) is 5.92 Å². The summed E-state index contributed by atoms with van der Waals surface area (Å²) in [5, 5.41) is 6.23. The lowest BCUT2D eigenvalue weighted by Gasteiger charge is -2.35. The van der Waals surface area contributed by atoms with Gasteiger partial charge in [0.25, 0.3) is 5.91 Å². The molecule has 1 aromatic rings. The first kappa shape index (κ1) is 23.4. The molecule has 0 aromatic carbocycles. The first-order chi connectivity index (χ1) is 16.0. The van der Waals surface area contributed by atoms with Gasteiger partial charge in [-0.05, 0) is 31.2 Å². The van der Waals surface area contributed by atoms with Crippen LogP contribution in [0.1, 0.15) is 36.7 Å². The van der Waals surface area contributed by atoms with Gasteiger partial charge in [0.1, 0.15) is 12.3 Å². The molecule has 180 valence electrons. The number of ether oxygens (including phenoxy) is 2. The number of pyridine rings is 1. The van der Waals surface area contributed by atoms with Crippen LogP contribution in [0.25, 0.3) is 0 Å². The monoisotopic (exact) mass is 459 g/mol. The Bertz CT molecular complexity index is 857. The average Bonchev–Trinajstić information content (AvgIpc) is 3.28. The van der Waals surface area contributed by atoms with Crippen LogP contribution in [0.15, 0.2) is 18.2 Å². The maximum atomic E-state index is 13.0. The fourth-order valence-electron chi connectivity index (χ4n) is 4.64. The Morgan fingerprint density at radius 1 is 1.12 bits per heavy atom. The Hall–Kier alpha value is -2.72. The zero-order valence-corrected chi connectivity index (χ0v) is 19.1. The Balaban J connectivity index is 1.44. The number of piperidine rings is 1. The van der Waals surface area contributed by atoms with E-state index in [4.69, 9.17) is 9.47 Å². The molecule has 2 saturated heterocycles. The average molecular weight is 460 g/mol. The summed E-state index contributed by atoms with van der Waals surface area (Å²) in [4.78, 5) is 45.8. The summed E-state index contributed by atoms with van der Waals surface area (Å²) in [7, 11) is 0. The third kappa shape index (κ3) is 6.20. The SMILES string of the molecule is CC(=O)N1CCOCCOc2cccc(n2)C(=O)N[C@@H]2CN[C@@H](C2)C(=O)N2CCC(CC2)C1. The molecule has 3 amide bonds. The maximum Gasteiger partial charge on any atom is 0.270 e. The number of carbonyl (C=O) groups is 3. The van der Waals surface area contributed by atoms with Crippen molar-refractivity contribution in [2.75, 3.05) is 52.5 Å². The van der Waals surface area contributed by atoms with Crippen molar-refractivity contribution in [3.8, 4) is 5.88 Å². The summed E-state index contributed by atoms with van der Waals surface area (Å²) < 4.78 is 11.3. The van der Waals surface area contributed by atoms with Gasteiger partial charge < -0.3 is 29.9 Å². The van der Waals surface area contributed by atoms with Crippen LogP contribution in [0.5, 0.6) is 5.88 Å². The second-order valence-electron chi connectivity index (χ2n) is 8.92. The molecule has 10 heteroatoms. The van der Waals surface area contributed by atoms with Crippen LogP contribution in [0, 0.1) is 5.92 Å². The zero-order valence-electron chi connectivity index (χ0n) is 19.1. The summed E-state index contributed by atoms with van der Waals surface area (Å²) in [5.41, 5.74) is 0.272. The first-order valence-electron chi connectivity index (χ1n) is 11.8. The molecule has 0 saturated carbocycles. The molecule has 2 atom stereocenters. The summed E-state index contributed by atoms with van der Waals surface area (Å²) in [6.07, 6.45) is 2.30. The van der Waals surface area contributed by atoms with Gasteiger partial charge in [0.05, 0.1) is 19.3 Å². The number of aromatic nitrogens is 1. The predicted octanol–water partition coefficient (Wildman–Crippen LogP) is 0.0380. The van der Waals surface area contributed by atoms with Crippen molar-refractivity contribution in [1.29, 1.82) is 0 Å². The third-order valence-corrected chi connectivity index (χ3v) is 6.55. The zero-order chi connectivity index (χ0) is 23.2. The Labute approximate surface area is 194 Å². The smallest absolute Gasteiger partial charge is 0.270 e. The molecule has 0 spiro atoms. The lowest BCUT2D eigenvalue weighted by atomic mass is 9.95. The highest BCUT2D eigenvalue weighted by atomic mass is 16.5. The lowest BCUT2D eigenvalue weighted by molar-refractivity contribution is -0.136. The highest BCUT2D eigenvalue weighted by molar-refractivity contribution is 5.92. The molecule has 6 bridgehead atoms. The molecule has 5 heterocycles. The second kappa shape index (κ2) is 10.9. The van der Waals surface area contributed by atoms with Crippen molar-refractivity contribution >= 4 is 17.7 Å². The summed E-state index contributed by atoms with van der Waals surface area (Å²) in [5.74, 6) is 0.556. The van der Waals surface area contributed by atoms with Crippen LogP contribution in [0.4, 0.5) is 0 Å². The van der Waals surface area contributed by atoms with Gasteiger partial charge in [-0.1, -0.05) is 6.07 Å². The van der Waals surface area contributed by atoms with Crippen LogP contribution in [-0.4, -0.2) is 97.1 Å². The molecule has 0 radical (unpaired) electrons. The normalized spacial score (nSPS) is 27.5. The van der Waals surface area contributed by atoms with Crippen LogP contribution >= 0.6 is 0 Å². The van der Waals surface area contributed by atoms with E-state index in [-0.39, 0.29) is 35.5 Å². The molecule has 10 nitrogen and oxygen atoms in total.